The molecule has 2 aromatic carbocycles. The van der Waals surface area contributed by atoms with Crippen LogP contribution in [0.5, 0.6) is 0 Å². The molecule has 0 radical (unpaired) electrons. The van der Waals surface area contributed by atoms with E-state index >= 15 is 0 Å². The summed E-state index contributed by atoms with van der Waals surface area (Å²) in [5.41, 5.74) is 1.26. The number of hydrogen-bond acceptors (Lipinski definition) is 3. The summed E-state index contributed by atoms with van der Waals surface area (Å²) in [4.78, 5) is 9.88. The number of carbonyl (C=O) groups excluding carboxylic acids is 1. The molecule has 9 heteroatoms. The Morgan fingerprint density at radius 2 is 1.50 bits per heavy atom. The summed E-state index contributed by atoms with van der Waals surface area (Å²) in [6.07, 6.45) is 0.228. The van der Waals surface area contributed by atoms with Crippen molar-refractivity contribution in [1.29, 1.82) is 0 Å². The Labute approximate surface area is 160 Å². The molecule has 0 fully saturated rings. The molecule has 4 nitrogen and oxygen atoms in total. The summed E-state index contributed by atoms with van der Waals surface area (Å²) in [6, 6.07) is 5.96. The van der Waals surface area contributed by atoms with Gasteiger partial charge in [0, 0.05) is 25.1 Å². The highest BCUT2D eigenvalue weighted by molar-refractivity contribution is 7.89. The van der Waals surface area contributed by atoms with Crippen LogP contribution in [-0.2, 0) is 27.8 Å². The highest BCUT2D eigenvalue weighted by Gasteiger charge is 2.33. The summed E-state index contributed by atoms with van der Waals surface area (Å²) in [5.74, 6) is -8.06. The van der Waals surface area contributed by atoms with Crippen LogP contribution in [0.15, 0.2) is 35.2 Å². The van der Waals surface area contributed by atoms with E-state index < -0.39 is 44.2 Å². The lowest BCUT2D eigenvalue weighted by molar-refractivity contribution is -0.116. The fourth-order valence-electron chi connectivity index (χ4n) is 2.64. The smallest absolute Gasteiger partial charge is 0.246 e. The van der Waals surface area contributed by atoms with Crippen LogP contribution in [0.25, 0.3) is 0 Å². The van der Waals surface area contributed by atoms with Gasteiger partial charge in [0.2, 0.25) is 10.0 Å². The minimum atomic E-state index is -4.66. The predicted octanol–water partition coefficient (Wildman–Crippen LogP) is 3.97. The molecule has 0 aromatic heterocycles. The van der Waals surface area contributed by atoms with Crippen molar-refractivity contribution in [2.24, 2.45) is 0 Å². The first-order chi connectivity index (χ1) is 12.9. The van der Waals surface area contributed by atoms with Crippen LogP contribution in [0, 0.1) is 23.3 Å². The van der Waals surface area contributed by atoms with Gasteiger partial charge in [0.15, 0.2) is 23.3 Å². The van der Waals surface area contributed by atoms with E-state index in [-0.39, 0.29) is 24.8 Å². The van der Waals surface area contributed by atoms with E-state index in [0.717, 1.165) is 9.87 Å². The van der Waals surface area contributed by atoms with Crippen LogP contribution >= 0.6 is 0 Å². The monoisotopic (exact) mass is 417 g/mol. The molecule has 0 bridgehead atoms. The van der Waals surface area contributed by atoms with E-state index in [2.05, 4.69) is 0 Å². The van der Waals surface area contributed by atoms with E-state index in [9.17, 15) is 30.8 Å². The number of sulfonamides is 1. The van der Waals surface area contributed by atoms with Crippen molar-refractivity contribution < 1.29 is 30.8 Å². The average molecular weight is 417 g/mol. The van der Waals surface area contributed by atoms with Crippen molar-refractivity contribution in [3.05, 3.63) is 64.7 Å². The number of halogens is 4. The van der Waals surface area contributed by atoms with E-state index in [4.69, 9.17) is 0 Å². The lowest BCUT2D eigenvalue weighted by Gasteiger charge is -2.26. The average Bonchev–Trinajstić information content (AvgIpc) is 2.61. The van der Waals surface area contributed by atoms with Crippen LogP contribution in [-0.4, -0.2) is 24.5 Å². The SMILES string of the molecule is CC(=O)Cc1ccc(CN(C(C)C)S(=O)(=O)c2cc(F)c(F)c(F)c2F)cc1. The molecule has 0 amide bonds. The van der Waals surface area contributed by atoms with Gasteiger partial charge in [0.1, 0.15) is 10.7 Å². The molecule has 2 rings (SSSR count). The van der Waals surface area contributed by atoms with E-state index in [1.54, 1.807) is 24.3 Å². The van der Waals surface area contributed by atoms with E-state index in [1.165, 1.54) is 20.8 Å². The van der Waals surface area contributed by atoms with Gasteiger partial charge in [0.25, 0.3) is 0 Å². The van der Waals surface area contributed by atoms with Crippen LogP contribution in [0.3, 0.4) is 0 Å². The molecule has 0 aliphatic heterocycles. The number of Topliss-reactive ketones (excluding diaryl/α,β-unsaturated/α-hetero) is 1. The van der Waals surface area contributed by atoms with Gasteiger partial charge in [0.05, 0.1) is 0 Å². The first-order valence-corrected chi connectivity index (χ1v) is 9.81. The van der Waals surface area contributed by atoms with Gasteiger partial charge in [-0.2, -0.15) is 4.31 Å². The van der Waals surface area contributed by atoms with Gasteiger partial charge in [-0.15, -0.1) is 0 Å². The Balaban J connectivity index is 2.42. The van der Waals surface area contributed by atoms with Crippen molar-refractivity contribution in [2.75, 3.05) is 0 Å². The molecule has 0 unspecified atom stereocenters. The van der Waals surface area contributed by atoms with Gasteiger partial charge in [-0.3, -0.25) is 4.79 Å². The zero-order valence-electron chi connectivity index (χ0n) is 15.5. The molecule has 0 spiro atoms. The lowest BCUT2D eigenvalue weighted by atomic mass is 10.1. The normalized spacial score (nSPS) is 12.0. The minimum absolute atomic E-state index is 0.0324. The third-order valence-corrected chi connectivity index (χ3v) is 6.07. The molecule has 0 atom stereocenters. The van der Waals surface area contributed by atoms with Crippen LogP contribution < -0.4 is 0 Å². The van der Waals surface area contributed by atoms with E-state index in [0.29, 0.717) is 5.56 Å². The second-order valence-corrected chi connectivity index (χ2v) is 8.50. The summed E-state index contributed by atoms with van der Waals surface area (Å²) < 4.78 is 80.7. The second-order valence-electron chi connectivity index (χ2n) is 6.64. The van der Waals surface area contributed by atoms with Crippen molar-refractivity contribution in [2.45, 2.75) is 44.7 Å². The summed E-state index contributed by atoms with van der Waals surface area (Å²) >= 11 is 0. The summed E-state index contributed by atoms with van der Waals surface area (Å²) in [6.45, 7) is 4.25. The summed E-state index contributed by atoms with van der Waals surface area (Å²) in [5, 5.41) is 0. The first-order valence-electron chi connectivity index (χ1n) is 8.37. The second kappa shape index (κ2) is 8.40. The Kier molecular flexibility index (Phi) is 6.61. The number of carbonyl (C=O) groups is 1. The van der Waals surface area contributed by atoms with Crippen LogP contribution in [0.2, 0.25) is 0 Å². The maximum atomic E-state index is 14.1. The number of benzene rings is 2. The van der Waals surface area contributed by atoms with Crippen LogP contribution in [0.1, 0.15) is 31.9 Å². The molecule has 0 aliphatic rings. The predicted molar refractivity (Wildman–Crippen MR) is 95.0 cm³/mol. The number of ketones is 1. The Bertz CT molecular complexity index is 989. The van der Waals surface area contributed by atoms with Crippen molar-refractivity contribution in [3.63, 3.8) is 0 Å². The number of nitrogens with zero attached hydrogens (tertiary/aromatic N) is 1. The van der Waals surface area contributed by atoms with Gasteiger partial charge >= 0.3 is 0 Å². The van der Waals surface area contributed by atoms with Gasteiger partial charge in [-0.05, 0) is 31.9 Å². The topological polar surface area (TPSA) is 54.5 Å². The molecule has 0 saturated carbocycles. The standard InChI is InChI=1S/C19H19F4NO3S/c1-11(2)24(10-14-6-4-13(5-7-14)8-12(3)25)28(26,27)16-9-15(20)17(21)19(23)18(16)22/h4-7,9,11H,8,10H2,1-3H3. The summed E-state index contributed by atoms with van der Waals surface area (Å²) in [7, 11) is -4.66. The molecule has 0 N–H and O–H groups in total. The Hall–Kier alpha value is -2.26. The van der Waals surface area contributed by atoms with E-state index in [1.807, 2.05) is 0 Å². The zero-order valence-corrected chi connectivity index (χ0v) is 16.3. The third-order valence-electron chi connectivity index (χ3n) is 4.05. The van der Waals surface area contributed by atoms with Gasteiger partial charge in [-0.25, -0.2) is 26.0 Å². The third kappa shape index (κ3) is 4.59. The quantitative estimate of drug-likeness (QED) is 0.389. The minimum Gasteiger partial charge on any atom is -0.300 e. The van der Waals surface area contributed by atoms with Gasteiger partial charge in [-0.1, -0.05) is 24.3 Å². The fourth-order valence-corrected chi connectivity index (χ4v) is 4.34. The zero-order chi connectivity index (χ0) is 21.2. The first kappa shape index (κ1) is 22.0. The number of hydrogen-bond donors (Lipinski definition) is 0. The molecule has 0 aliphatic carbocycles. The Morgan fingerprint density at radius 3 is 2.00 bits per heavy atom. The van der Waals surface area contributed by atoms with Crippen molar-refractivity contribution in [3.8, 4) is 0 Å². The maximum Gasteiger partial charge on any atom is 0.246 e. The lowest BCUT2D eigenvalue weighted by Crippen LogP contribution is -2.37. The maximum absolute atomic E-state index is 14.1. The highest BCUT2D eigenvalue weighted by atomic mass is 32.2. The molecule has 152 valence electrons. The van der Waals surface area contributed by atoms with Crippen molar-refractivity contribution >= 4 is 15.8 Å². The largest absolute Gasteiger partial charge is 0.300 e. The van der Waals surface area contributed by atoms with Gasteiger partial charge < -0.3 is 0 Å². The molecule has 0 heterocycles. The Morgan fingerprint density at radius 1 is 0.964 bits per heavy atom. The molecule has 2 aromatic rings. The molecule has 28 heavy (non-hydrogen) atoms. The van der Waals surface area contributed by atoms with Crippen molar-refractivity contribution in [1.82, 2.24) is 4.31 Å². The fraction of sp³-hybridized carbons (Fsp3) is 0.316. The molecular weight excluding hydrogens is 398 g/mol. The molecule has 0 saturated heterocycles. The number of rotatable bonds is 7. The molecular formula is C19H19F4NO3S. The highest BCUT2D eigenvalue weighted by Crippen LogP contribution is 2.27. The van der Waals surface area contributed by atoms with Crippen LogP contribution in [0.4, 0.5) is 17.6 Å².